The second-order valence-electron chi connectivity index (χ2n) is 5.71. The van der Waals surface area contributed by atoms with Gasteiger partial charge in [-0.3, -0.25) is 0 Å². The molecule has 1 aliphatic carbocycles. The summed E-state index contributed by atoms with van der Waals surface area (Å²) in [6.07, 6.45) is 3.92. The number of fused-ring (bicyclic) bond motifs is 1. The first-order chi connectivity index (χ1) is 8.06. The molecule has 0 aliphatic heterocycles. The second-order valence-corrected chi connectivity index (χ2v) is 6.77. The maximum absolute atomic E-state index is 5.82. The summed E-state index contributed by atoms with van der Waals surface area (Å²) in [5.74, 6) is 0.626. The first kappa shape index (κ1) is 11.0. The molecule has 90 valence electrons. The van der Waals surface area contributed by atoms with E-state index in [1.807, 2.05) is 29.5 Å². The molecule has 1 heterocycles. The van der Waals surface area contributed by atoms with Crippen molar-refractivity contribution < 1.29 is 0 Å². The highest BCUT2D eigenvalue weighted by molar-refractivity contribution is 7.18. The van der Waals surface area contributed by atoms with Gasteiger partial charge in [0, 0.05) is 11.6 Å². The number of hydrogen-bond acceptors (Lipinski definition) is 3. The van der Waals surface area contributed by atoms with Crippen LogP contribution in [0.3, 0.4) is 0 Å². The minimum atomic E-state index is 0.402. The predicted octanol–water partition coefficient (Wildman–Crippen LogP) is 4.17. The number of benzene rings is 1. The van der Waals surface area contributed by atoms with Crippen LogP contribution >= 0.6 is 11.3 Å². The van der Waals surface area contributed by atoms with Crippen molar-refractivity contribution >= 4 is 27.2 Å². The highest BCUT2D eigenvalue weighted by Gasteiger charge is 2.37. The summed E-state index contributed by atoms with van der Waals surface area (Å²) in [4.78, 5) is 4.79. The van der Waals surface area contributed by atoms with E-state index in [4.69, 9.17) is 10.7 Å². The summed E-state index contributed by atoms with van der Waals surface area (Å²) in [5, 5.41) is 1.30. The molecule has 0 spiro atoms. The van der Waals surface area contributed by atoms with Crippen molar-refractivity contribution in [3.05, 3.63) is 23.2 Å². The zero-order valence-electron chi connectivity index (χ0n) is 10.4. The number of aromatic nitrogens is 1. The van der Waals surface area contributed by atoms with E-state index >= 15 is 0 Å². The van der Waals surface area contributed by atoms with Crippen LogP contribution in [0.2, 0.25) is 0 Å². The Balaban J connectivity index is 2.06. The van der Waals surface area contributed by atoms with Gasteiger partial charge in [0.05, 0.1) is 15.2 Å². The topological polar surface area (TPSA) is 38.9 Å². The van der Waals surface area contributed by atoms with Gasteiger partial charge in [-0.15, -0.1) is 11.3 Å². The molecule has 1 aromatic carbocycles. The molecule has 0 radical (unpaired) electrons. The SMILES string of the molecule is CC1(C)CCCC1c1nc2ccc(N)cc2s1. The normalized spacial score (nSPS) is 23.3. The fourth-order valence-electron chi connectivity index (χ4n) is 2.89. The summed E-state index contributed by atoms with van der Waals surface area (Å²) in [7, 11) is 0. The van der Waals surface area contributed by atoms with Crippen molar-refractivity contribution in [3.63, 3.8) is 0 Å². The second kappa shape index (κ2) is 3.70. The van der Waals surface area contributed by atoms with Gasteiger partial charge in [-0.2, -0.15) is 0 Å². The zero-order chi connectivity index (χ0) is 12.0. The Bertz CT molecular complexity index is 556. The molecule has 1 aliphatic rings. The van der Waals surface area contributed by atoms with E-state index in [-0.39, 0.29) is 0 Å². The molecular formula is C14H18N2S. The molecule has 1 atom stereocenters. The Morgan fingerprint density at radius 3 is 2.94 bits per heavy atom. The van der Waals surface area contributed by atoms with Crippen LogP contribution in [0.15, 0.2) is 18.2 Å². The number of rotatable bonds is 1. The smallest absolute Gasteiger partial charge is 0.0974 e. The molecule has 1 saturated carbocycles. The lowest BCUT2D eigenvalue weighted by Gasteiger charge is -2.24. The molecule has 3 rings (SSSR count). The van der Waals surface area contributed by atoms with Gasteiger partial charge < -0.3 is 5.73 Å². The third-order valence-electron chi connectivity index (χ3n) is 3.98. The fourth-order valence-corrected chi connectivity index (χ4v) is 4.25. The van der Waals surface area contributed by atoms with E-state index in [0.29, 0.717) is 11.3 Å². The van der Waals surface area contributed by atoms with E-state index in [9.17, 15) is 0 Å². The Labute approximate surface area is 106 Å². The minimum Gasteiger partial charge on any atom is -0.399 e. The van der Waals surface area contributed by atoms with Crippen molar-refractivity contribution in [1.82, 2.24) is 4.98 Å². The first-order valence-electron chi connectivity index (χ1n) is 6.22. The monoisotopic (exact) mass is 246 g/mol. The molecule has 2 aromatic rings. The van der Waals surface area contributed by atoms with Crippen LogP contribution in [0.4, 0.5) is 5.69 Å². The summed E-state index contributed by atoms with van der Waals surface area (Å²) in [6, 6.07) is 6.01. The van der Waals surface area contributed by atoms with E-state index < -0.39 is 0 Å². The highest BCUT2D eigenvalue weighted by atomic mass is 32.1. The van der Waals surface area contributed by atoms with Crippen LogP contribution < -0.4 is 5.73 Å². The van der Waals surface area contributed by atoms with Gasteiger partial charge >= 0.3 is 0 Å². The quantitative estimate of drug-likeness (QED) is 0.767. The summed E-state index contributed by atoms with van der Waals surface area (Å²) >= 11 is 1.82. The van der Waals surface area contributed by atoms with Crippen molar-refractivity contribution in [3.8, 4) is 0 Å². The summed E-state index contributed by atoms with van der Waals surface area (Å²) in [6.45, 7) is 4.73. The number of nitrogens with zero attached hydrogens (tertiary/aromatic N) is 1. The molecular weight excluding hydrogens is 228 g/mol. The summed E-state index contributed by atoms with van der Waals surface area (Å²) < 4.78 is 1.22. The van der Waals surface area contributed by atoms with E-state index in [2.05, 4.69) is 13.8 Å². The standard InChI is InChI=1S/C14H18N2S/c1-14(2)7-3-4-10(14)13-16-11-6-5-9(15)8-12(11)17-13/h5-6,8,10H,3-4,7,15H2,1-2H3. The number of anilines is 1. The van der Waals surface area contributed by atoms with E-state index in [0.717, 1.165) is 11.2 Å². The predicted molar refractivity (Wildman–Crippen MR) is 74.4 cm³/mol. The Morgan fingerprint density at radius 1 is 1.41 bits per heavy atom. The van der Waals surface area contributed by atoms with Gasteiger partial charge in [0.2, 0.25) is 0 Å². The van der Waals surface area contributed by atoms with Gasteiger partial charge in [0.1, 0.15) is 0 Å². The largest absolute Gasteiger partial charge is 0.399 e. The van der Waals surface area contributed by atoms with Crippen LogP contribution in [0, 0.1) is 5.41 Å². The van der Waals surface area contributed by atoms with E-state index in [1.54, 1.807) is 0 Å². The van der Waals surface area contributed by atoms with Crippen LogP contribution in [0.5, 0.6) is 0 Å². The van der Waals surface area contributed by atoms with Gasteiger partial charge in [0.15, 0.2) is 0 Å². The molecule has 1 fully saturated rings. The number of nitrogens with two attached hydrogens (primary N) is 1. The fraction of sp³-hybridized carbons (Fsp3) is 0.500. The average molecular weight is 246 g/mol. The minimum absolute atomic E-state index is 0.402. The van der Waals surface area contributed by atoms with E-state index in [1.165, 1.54) is 29.0 Å². The molecule has 0 saturated heterocycles. The van der Waals surface area contributed by atoms with Gasteiger partial charge in [-0.25, -0.2) is 4.98 Å². The molecule has 1 aromatic heterocycles. The maximum atomic E-state index is 5.82. The molecule has 17 heavy (non-hydrogen) atoms. The van der Waals surface area contributed by atoms with Crippen molar-refractivity contribution in [1.29, 1.82) is 0 Å². The highest BCUT2D eigenvalue weighted by Crippen LogP contribution is 2.50. The third kappa shape index (κ3) is 1.82. The van der Waals surface area contributed by atoms with Crippen LogP contribution in [-0.2, 0) is 0 Å². The lowest BCUT2D eigenvalue weighted by atomic mass is 9.82. The Hall–Kier alpha value is -1.09. The van der Waals surface area contributed by atoms with Crippen molar-refractivity contribution in [2.24, 2.45) is 5.41 Å². The maximum Gasteiger partial charge on any atom is 0.0974 e. The number of nitrogen functional groups attached to an aromatic ring is 1. The van der Waals surface area contributed by atoms with Crippen molar-refractivity contribution in [2.45, 2.75) is 39.0 Å². The average Bonchev–Trinajstić information content (AvgIpc) is 2.79. The van der Waals surface area contributed by atoms with Crippen LogP contribution in [-0.4, -0.2) is 4.98 Å². The Kier molecular flexibility index (Phi) is 2.40. The Morgan fingerprint density at radius 2 is 2.24 bits per heavy atom. The number of hydrogen-bond donors (Lipinski definition) is 1. The molecule has 3 heteroatoms. The lowest BCUT2D eigenvalue weighted by Crippen LogP contribution is -2.14. The first-order valence-corrected chi connectivity index (χ1v) is 7.04. The van der Waals surface area contributed by atoms with Gasteiger partial charge in [0.25, 0.3) is 0 Å². The van der Waals surface area contributed by atoms with Crippen molar-refractivity contribution in [2.75, 3.05) is 5.73 Å². The molecule has 1 unspecified atom stereocenters. The lowest BCUT2D eigenvalue weighted by molar-refractivity contribution is 0.332. The van der Waals surface area contributed by atoms with Gasteiger partial charge in [-0.05, 0) is 36.5 Å². The summed E-state index contributed by atoms with van der Waals surface area (Å²) in [5.41, 5.74) is 8.15. The molecule has 2 nitrogen and oxygen atoms in total. The zero-order valence-corrected chi connectivity index (χ0v) is 11.2. The molecule has 0 bridgehead atoms. The number of thiazole rings is 1. The molecule has 2 N–H and O–H groups in total. The van der Waals surface area contributed by atoms with Crippen LogP contribution in [0.1, 0.15) is 44.0 Å². The van der Waals surface area contributed by atoms with Gasteiger partial charge in [-0.1, -0.05) is 20.3 Å². The van der Waals surface area contributed by atoms with Crippen LogP contribution in [0.25, 0.3) is 10.2 Å². The molecule has 0 amide bonds. The third-order valence-corrected chi connectivity index (χ3v) is 5.12.